The molecule has 0 radical (unpaired) electrons. The van der Waals surface area contributed by atoms with Crippen LogP contribution < -0.4 is 10.6 Å². The van der Waals surface area contributed by atoms with E-state index in [0.29, 0.717) is 10.8 Å². The fourth-order valence-electron chi connectivity index (χ4n) is 1.66. The molecule has 0 aliphatic rings. The van der Waals surface area contributed by atoms with Gasteiger partial charge in [0.15, 0.2) is 0 Å². The Morgan fingerprint density at radius 1 is 1.32 bits per heavy atom. The molecule has 0 amide bonds. The van der Waals surface area contributed by atoms with Gasteiger partial charge in [0.1, 0.15) is 12.1 Å². The van der Waals surface area contributed by atoms with Crippen LogP contribution in [0.5, 0.6) is 0 Å². The number of aromatic nitrogens is 3. The maximum Gasteiger partial charge on any atom is 0.353 e. The first-order valence-corrected chi connectivity index (χ1v) is 7.03. The van der Waals surface area contributed by atoms with E-state index in [1.54, 1.807) is 12.1 Å². The van der Waals surface area contributed by atoms with Crippen molar-refractivity contribution in [1.82, 2.24) is 15.0 Å². The molecule has 22 heavy (non-hydrogen) atoms. The van der Waals surface area contributed by atoms with Gasteiger partial charge in [-0.25, -0.2) is 15.0 Å². The van der Waals surface area contributed by atoms with Gasteiger partial charge in [0, 0.05) is 12.2 Å². The van der Waals surface area contributed by atoms with Crippen molar-refractivity contribution in [3.63, 3.8) is 0 Å². The van der Waals surface area contributed by atoms with Gasteiger partial charge < -0.3 is 10.6 Å². The Morgan fingerprint density at radius 2 is 2.05 bits per heavy atom. The normalized spacial score (nSPS) is 11.8. The smallest absolute Gasteiger partial charge is 0.353 e. The second-order valence-corrected chi connectivity index (χ2v) is 5.05. The zero-order valence-corrected chi connectivity index (χ0v) is 12.8. The summed E-state index contributed by atoms with van der Waals surface area (Å²) in [5.74, 6) is 0.645. The molecule has 2 rings (SSSR count). The van der Waals surface area contributed by atoms with Gasteiger partial charge in [0.25, 0.3) is 0 Å². The first kappa shape index (κ1) is 15.9. The fourth-order valence-corrected chi connectivity index (χ4v) is 1.77. The second-order valence-electron chi connectivity index (χ2n) is 4.62. The molecule has 0 bridgehead atoms. The van der Waals surface area contributed by atoms with E-state index in [1.807, 2.05) is 13.8 Å². The first-order chi connectivity index (χ1) is 10.5. The molecule has 0 saturated carbocycles. The fraction of sp³-hybridized carbons (Fsp3) is 0.308. The van der Waals surface area contributed by atoms with E-state index in [9.17, 15) is 10.1 Å². The number of nitrogens with one attached hydrogen (secondary N) is 2. The van der Waals surface area contributed by atoms with Gasteiger partial charge in [-0.1, -0.05) is 18.5 Å². The summed E-state index contributed by atoms with van der Waals surface area (Å²) in [6, 6.07) is 3.29. The van der Waals surface area contributed by atoms with Crippen molar-refractivity contribution < 1.29 is 4.92 Å². The third-order valence-electron chi connectivity index (χ3n) is 2.97. The van der Waals surface area contributed by atoms with Crippen molar-refractivity contribution in [3.05, 3.63) is 39.8 Å². The van der Waals surface area contributed by atoms with Gasteiger partial charge in [-0.2, -0.15) is 0 Å². The molecular weight excluding hydrogens is 308 g/mol. The molecule has 1 unspecified atom stereocenters. The first-order valence-electron chi connectivity index (χ1n) is 6.65. The largest absolute Gasteiger partial charge is 0.362 e. The van der Waals surface area contributed by atoms with Gasteiger partial charge in [-0.05, 0) is 25.5 Å². The molecular formula is C13H15ClN6O2. The van der Waals surface area contributed by atoms with Gasteiger partial charge in [0.2, 0.25) is 11.6 Å². The third kappa shape index (κ3) is 3.79. The molecule has 0 aromatic carbocycles. The number of hydrogen-bond acceptors (Lipinski definition) is 7. The van der Waals surface area contributed by atoms with Crippen molar-refractivity contribution in [3.8, 4) is 0 Å². The molecule has 2 aromatic rings. The summed E-state index contributed by atoms with van der Waals surface area (Å²) >= 11 is 5.76. The highest BCUT2D eigenvalue weighted by atomic mass is 35.5. The van der Waals surface area contributed by atoms with E-state index >= 15 is 0 Å². The standard InChI is InChI=1S/C13H15ClN6O2/c1-3-8(2)18-12-11(20(21)22)13(17-7-16-12)19-10-5-4-9(14)6-15-10/h4-8H,3H2,1-2H3,(H2,15,16,17,18,19). The van der Waals surface area contributed by atoms with Gasteiger partial charge >= 0.3 is 5.69 Å². The minimum absolute atomic E-state index is 0.0510. The minimum Gasteiger partial charge on any atom is -0.362 e. The van der Waals surface area contributed by atoms with E-state index in [1.165, 1.54) is 12.5 Å². The summed E-state index contributed by atoms with van der Waals surface area (Å²) in [5, 5.41) is 17.6. The Hall–Kier alpha value is -2.48. The van der Waals surface area contributed by atoms with Gasteiger partial charge in [-0.3, -0.25) is 10.1 Å². The highest BCUT2D eigenvalue weighted by molar-refractivity contribution is 6.30. The summed E-state index contributed by atoms with van der Waals surface area (Å²) in [6.45, 7) is 3.89. The Bertz CT molecular complexity index is 664. The van der Waals surface area contributed by atoms with Crippen LogP contribution >= 0.6 is 11.6 Å². The number of nitrogens with zero attached hydrogens (tertiary/aromatic N) is 4. The van der Waals surface area contributed by atoms with Crippen LogP contribution in [0.1, 0.15) is 20.3 Å². The van der Waals surface area contributed by atoms with Crippen molar-refractivity contribution in [2.45, 2.75) is 26.3 Å². The molecule has 8 nitrogen and oxygen atoms in total. The molecule has 9 heteroatoms. The van der Waals surface area contributed by atoms with Crippen molar-refractivity contribution in [2.24, 2.45) is 0 Å². The summed E-state index contributed by atoms with van der Waals surface area (Å²) in [7, 11) is 0. The molecule has 0 spiro atoms. The van der Waals surface area contributed by atoms with E-state index in [4.69, 9.17) is 11.6 Å². The van der Waals surface area contributed by atoms with Gasteiger partial charge in [-0.15, -0.1) is 0 Å². The van der Waals surface area contributed by atoms with E-state index in [0.717, 1.165) is 6.42 Å². The molecule has 2 heterocycles. The van der Waals surface area contributed by atoms with Crippen molar-refractivity contribution >= 4 is 34.7 Å². The predicted molar refractivity (Wildman–Crippen MR) is 84.6 cm³/mol. The number of anilines is 3. The predicted octanol–water partition coefficient (Wildman–Crippen LogP) is 3.39. The highest BCUT2D eigenvalue weighted by Crippen LogP contribution is 2.31. The number of hydrogen-bond donors (Lipinski definition) is 2. The monoisotopic (exact) mass is 322 g/mol. The lowest BCUT2D eigenvalue weighted by Gasteiger charge is -2.13. The van der Waals surface area contributed by atoms with Crippen LogP contribution in [0.15, 0.2) is 24.7 Å². The number of halogens is 1. The van der Waals surface area contributed by atoms with Gasteiger partial charge in [0.05, 0.1) is 9.95 Å². The molecule has 116 valence electrons. The summed E-state index contributed by atoms with van der Waals surface area (Å²) < 4.78 is 0. The molecule has 2 N–H and O–H groups in total. The average molecular weight is 323 g/mol. The van der Waals surface area contributed by atoms with Crippen LogP contribution in [0.2, 0.25) is 5.02 Å². The Balaban J connectivity index is 2.36. The van der Waals surface area contributed by atoms with Crippen LogP contribution in [0, 0.1) is 10.1 Å². The molecule has 0 aliphatic carbocycles. The van der Waals surface area contributed by atoms with Crippen LogP contribution in [-0.4, -0.2) is 25.9 Å². The Morgan fingerprint density at radius 3 is 2.64 bits per heavy atom. The van der Waals surface area contributed by atoms with Crippen LogP contribution in [0.25, 0.3) is 0 Å². The van der Waals surface area contributed by atoms with Crippen LogP contribution in [0.4, 0.5) is 23.1 Å². The van der Waals surface area contributed by atoms with Crippen molar-refractivity contribution in [1.29, 1.82) is 0 Å². The molecule has 1 atom stereocenters. The molecule has 2 aromatic heterocycles. The number of pyridine rings is 1. The molecule has 0 saturated heterocycles. The van der Waals surface area contributed by atoms with E-state index in [-0.39, 0.29) is 23.4 Å². The Kier molecular flexibility index (Phi) is 5.05. The van der Waals surface area contributed by atoms with E-state index < -0.39 is 4.92 Å². The maximum absolute atomic E-state index is 11.4. The summed E-state index contributed by atoms with van der Waals surface area (Å²) in [6.07, 6.45) is 3.51. The summed E-state index contributed by atoms with van der Waals surface area (Å²) in [4.78, 5) is 22.8. The highest BCUT2D eigenvalue weighted by Gasteiger charge is 2.24. The SMILES string of the molecule is CCC(C)Nc1ncnc(Nc2ccc(Cl)cn2)c1[N+](=O)[O-]. The zero-order chi connectivity index (χ0) is 16.1. The Labute approximate surface area is 132 Å². The number of rotatable bonds is 6. The van der Waals surface area contributed by atoms with Crippen LogP contribution in [-0.2, 0) is 0 Å². The quantitative estimate of drug-likeness (QED) is 0.620. The summed E-state index contributed by atoms with van der Waals surface area (Å²) in [5.41, 5.74) is -0.223. The average Bonchev–Trinajstić information content (AvgIpc) is 2.49. The lowest BCUT2D eigenvalue weighted by molar-refractivity contribution is -0.383. The zero-order valence-electron chi connectivity index (χ0n) is 12.1. The molecule has 0 fully saturated rings. The molecule has 0 aliphatic heterocycles. The topological polar surface area (TPSA) is 106 Å². The number of nitro groups is 1. The van der Waals surface area contributed by atoms with Crippen LogP contribution in [0.3, 0.4) is 0 Å². The lowest BCUT2D eigenvalue weighted by Crippen LogP contribution is -2.16. The third-order valence-corrected chi connectivity index (χ3v) is 3.20. The van der Waals surface area contributed by atoms with Crippen molar-refractivity contribution in [2.75, 3.05) is 10.6 Å². The van der Waals surface area contributed by atoms with E-state index in [2.05, 4.69) is 25.6 Å². The maximum atomic E-state index is 11.4. The second kappa shape index (κ2) is 6.99. The minimum atomic E-state index is -0.525. The lowest BCUT2D eigenvalue weighted by atomic mass is 10.2.